The summed E-state index contributed by atoms with van der Waals surface area (Å²) in [5, 5.41) is 12.7. The monoisotopic (exact) mass is 281 g/mol. The molecule has 1 fully saturated rings. The van der Waals surface area contributed by atoms with Crippen LogP contribution in [0.1, 0.15) is 25.5 Å². The highest BCUT2D eigenvalue weighted by Crippen LogP contribution is 2.43. The van der Waals surface area contributed by atoms with E-state index in [4.69, 9.17) is 14.2 Å². The Balaban J connectivity index is 2.47. The maximum Gasteiger partial charge on any atom is 0.407 e. The number of phenolic OH excluding ortho intramolecular Hbond substituents is 1. The van der Waals surface area contributed by atoms with Crippen LogP contribution in [-0.2, 0) is 4.74 Å². The lowest BCUT2D eigenvalue weighted by atomic mass is 9.80. The molecule has 20 heavy (non-hydrogen) atoms. The molecule has 0 unspecified atom stereocenters. The van der Waals surface area contributed by atoms with E-state index in [-0.39, 0.29) is 17.2 Å². The minimum Gasteiger partial charge on any atom is -0.502 e. The number of carbonyl (C=O) groups is 1. The first-order valence-corrected chi connectivity index (χ1v) is 6.27. The molecule has 1 atom stereocenters. The number of ether oxygens (including phenoxy) is 3. The number of benzene rings is 1. The van der Waals surface area contributed by atoms with Crippen molar-refractivity contribution in [3.8, 4) is 17.2 Å². The lowest BCUT2D eigenvalue weighted by molar-refractivity contribution is 0.0386. The fourth-order valence-corrected chi connectivity index (χ4v) is 2.30. The van der Waals surface area contributed by atoms with E-state index in [0.29, 0.717) is 18.1 Å². The van der Waals surface area contributed by atoms with Crippen molar-refractivity contribution < 1.29 is 24.1 Å². The van der Waals surface area contributed by atoms with Gasteiger partial charge in [0.05, 0.1) is 20.3 Å². The molecule has 1 aliphatic heterocycles. The summed E-state index contributed by atoms with van der Waals surface area (Å²) in [4.78, 5) is 11.5. The Morgan fingerprint density at radius 2 is 1.85 bits per heavy atom. The Bertz CT molecular complexity index is 501. The molecule has 2 rings (SSSR count). The molecule has 1 saturated heterocycles. The average Bonchev–Trinajstić information content (AvgIpc) is 2.42. The van der Waals surface area contributed by atoms with Crippen LogP contribution in [0.15, 0.2) is 12.1 Å². The highest BCUT2D eigenvalue weighted by atomic mass is 16.6. The van der Waals surface area contributed by atoms with Gasteiger partial charge in [0.1, 0.15) is 6.61 Å². The molecule has 2 N–H and O–H groups in total. The minimum atomic E-state index is -0.458. The first-order valence-electron chi connectivity index (χ1n) is 6.27. The standard InChI is InChI=1S/C14H19NO5/c1-14(2)7-20-13(17)15-12(14)8-5-9(18-3)11(16)10(6-8)19-4/h5-6,12,16H,7H2,1-4H3,(H,15,17)/t12-/m0/s1. The molecule has 1 heterocycles. The third kappa shape index (κ3) is 2.45. The number of alkyl carbamates (subject to hydrolysis) is 1. The fraction of sp³-hybridized carbons (Fsp3) is 0.500. The van der Waals surface area contributed by atoms with Gasteiger partial charge in [0, 0.05) is 5.41 Å². The van der Waals surface area contributed by atoms with Crippen molar-refractivity contribution in [2.24, 2.45) is 5.41 Å². The molecule has 1 aliphatic rings. The van der Waals surface area contributed by atoms with Gasteiger partial charge in [0.25, 0.3) is 0 Å². The summed E-state index contributed by atoms with van der Waals surface area (Å²) in [7, 11) is 2.93. The van der Waals surface area contributed by atoms with Crippen molar-refractivity contribution in [2.45, 2.75) is 19.9 Å². The van der Waals surface area contributed by atoms with Crippen molar-refractivity contribution >= 4 is 6.09 Å². The maximum atomic E-state index is 11.5. The number of phenols is 1. The SMILES string of the molecule is COc1cc([C@@H]2NC(=O)OCC2(C)C)cc(OC)c1O. The van der Waals surface area contributed by atoms with Gasteiger partial charge >= 0.3 is 6.09 Å². The van der Waals surface area contributed by atoms with Crippen LogP contribution in [-0.4, -0.2) is 32.0 Å². The van der Waals surface area contributed by atoms with Crippen LogP contribution < -0.4 is 14.8 Å². The molecule has 0 saturated carbocycles. The molecule has 0 aromatic heterocycles. The van der Waals surface area contributed by atoms with Crippen LogP contribution in [0.3, 0.4) is 0 Å². The second-order valence-corrected chi connectivity index (χ2v) is 5.42. The molecule has 0 radical (unpaired) electrons. The molecular weight excluding hydrogens is 262 g/mol. The maximum absolute atomic E-state index is 11.5. The number of amides is 1. The smallest absolute Gasteiger partial charge is 0.407 e. The summed E-state index contributed by atoms with van der Waals surface area (Å²) in [6.07, 6.45) is -0.458. The van der Waals surface area contributed by atoms with Gasteiger partial charge in [-0.15, -0.1) is 0 Å². The van der Waals surface area contributed by atoms with Gasteiger partial charge in [0.2, 0.25) is 5.75 Å². The normalized spacial score (nSPS) is 20.8. The number of cyclic esters (lactones) is 1. The van der Waals surface area contributed by atoms with E-state index < -0.39 is 6.09 Å². The van der Waals surface area contributed by atoms with Crippen LogP contribution in [0, 0.1) is 5.41 Å². The zero-order chi connectivity index (χ0) is 14.9. The minimum absolute atomic E-state index is 0.0602. The van der Waals surface area contributed by atoms with Gasteiger partial charge in [0.15, 0.2) is 11.5 Å². The van der Waals surface area contributed by atoms with E-state index >= 15 is 0 Å². The number of nitrogens with one attached hydrogen (secondary N) is 1. The molecule has 1 amide bonds. The summed E-state index contributed by atoms with van der Waals surface area (Å²) < 4.78 is 15.3. The van der Waals surface area contributed by atoms with E-state index in [2.05, 4.69) is 5.32 Å². The van der Waals surface area contributed by atoms with Gasteiger partial charge in [-0.1, -0.05) is 13.8 Å². The number of hydrogen-bond donors (Lipinski definition) is 2. The summed E-state index contributed by atoms with van der Waals surface area (Å²) in [5.74, 6) is 0.543. The zero-order valence-corrected chi connectivity index (χ0v) is 12.0. The largest absolute Gasteiger partial charge is 0.502 e. The van der Waals surface area contributed by atoms with Crippen molar-refractivity contribution in [3.05, 3.63) is 17.7 Å². The predicted octanol–water partition coefficient (Wildman–Crippen LogP) is 2.22. The fourth-order valence-electron chi connectivity index (χ4n) is 2.30. The van der Waals surface area contributed by atoms with Crippen LogP contribution in [0.5, 0.6) is 17.2 Å². The second-order valence-electron chi connectivity index (χ2n) is 5.42. The van der Waals surface area contributed by atoms with Gasteiger partial charge in [-0.3, -0.25) is 0 Å². The van der Waals surface area contributed by atoms with Gasteiger partial charge in [-0.25, -0.2) is 4.79 Å². The Morgan fingerprint density at radius 1 is 1.30 bits per heavy atom. The van der Waals surface area contributed by atoms with Crippen molar-refractivity contribution in [2.75, 3.05) is 20.8 Å². The van der Waals surface area contributed by atoms with Crippen LogP contribution in [0.4, 0.5) is 4.79 Å². The van der Waals surface area contributed by atoms with E-state index in [1.807, 2.05) is 13.8 Å². The number of carbonyl (C=O) groups excluding carboxylic acids is 1. The quantitative estimate of drug-likeness (QED) is 0.888. The highest BCUT2D eigenvalue weighted by Gasteiger charge is 2.38. The molecule has 6 heteroatoms. The molecule has 0 spiro atoms. The third-order valence-electron chi connectivity index (χ3n) is 3.45. The van der Waals surface area contributed by atoms with Crippen molar-refractivity contribution in [1.82, 2.24) is 5.32 Å². The number of aromatic hydroxyl groups is 1. The van der Waals surface area contributed by atoms with E-state index in [0.717, 1.165) is 5.56 Å². The van der Waals surface area contributed by atoms with Gasteiger partial charge in [-0.05, 0) is 17.7 Å². The number of rotatable bonds is 3. The number of hydrogen-bond acceptors (Lipinski definition) is 5. The summed E-state index contributed by atoms with van der Waals surface area (Å²) >= 11 is 0. The van der Waals surface area contributed by atoms with Crippen LogP contribution in [0.2, 0.25) is 0 Å². The van der Waals surface area contributed by atoms with Crippen LogP contribution >= 0.6 is 0 Å². The first-order chi connectivity index (χ1) is 9.39. The summed E-state index contributed by atoms with van der Waals surface area (Å²) in [6.45, 7) is 4.29. The van der Waals surface area contributed by atoms with Crippen molar-refractivity contribution in [1.29, 1.82) is 0 Å². The molecule has 1 aromatic rings. The summed E-state index contributed by atoms with van der Waals surface area (Å²) in [6, 6.07) is 3.12. The Hall–Kier alpha value is -2.11. The average molecular weight is 281 g/mol. The molecular formula is C14H19NO5. The van der Waals surface area contributed by atoms with Gasteiger partial charge in [-0.2, -0.15) is 0 Å². The van der Waals surface area contributed by atoms with E-state index in [9.17, 15) is 9.90 Å². The molecule has 1 aromatic carbocycles. The highest BCUT2D eigenvalue weighted by molar-refractivity contribution is 5.69. The second kappa shape index (κ2) is 5.11. The first kappa shape index (κ1) is 14.3. The molecule has 0 aliphatic carbocycles. The molecule has 0 bridgehead atoms. The van der Waals surface area contributed by atoms with E-state index in [1.165, 1.54) is 14.2 Å². The Kier molecular flexibility index (Phi) is 3.65. The van der Waals surface area contributed by atoms with E-state index in [1.54, 1.807) is 12.1 Å². The molecule has 110 valence electrons. The lowest BCUT2D eigenvalue weighted by Gasteiger charge is -2.38. The zero-order valence-electron chi connectivity index (χ0n) is 12.0. The topological polar surface area (TPSA) is 77.0 Å². The third-order valence-corrected chi connectivity index (χ3v) is 3.45. The molecule has 6 nitrogen and oxygen atoms in total. The van der Waals surface area contributed by atoms with Crippen molar-refractivity contribution in [3.63, 3.8) is 0 Å². The number of methoxy groups -OCH3 is 2. The van der Waals surface area contributed by atoms with Gasteiger partial charge < -0.3 is 24.6 Å². The lowest BCUT2D eigenvalue weighted by Crippen LogP contribution is -2.46. The predicted molar refractivity (Wildman–Crippen MR) is 72.2 cm³/mol. The summed E-state index contributed by atoms with van der Waals surface area (Å²) in [5.41, 5.74) is 0.499. The van der Waals surface area contributed by atoms with Crippen LogP contribution in [0.25, 0.3) is 0 Å². The Morgan fingerprint density at radius 3 is 2.35 bits per heavy atom. The Labute approximate surface area is 117 Å².